The Bertz CT molecular complexity index is 251. The summed E-state index contributed by atoms with van der Waals surface area (Å²) in [5.41, 5.74) is 0.0999. The van der Waals surface area contributed by atoms with Crippen molar-refractivity contribution >= 4 is 5.91 Å². The Morgan fingerprint density at radius 1 is 1.35 bits per heavy atom. The third kappa shape index (κ3) is 6.06. The molecule has 1 rings (SSSR count). The molecule has 3 heteroatoms. The highest BCUT2D eigenvalue weighted by molar-refractivity contribution is 5.77. The first-order valence-electron chi connectivity index (χ1n) is 6.84. The van der Waals surface area contributed by atoms with Crippen molar-refractivity contribution in [3.05, 3.63) is 0 Å². The minimum atomic E-state index is 0.0999. The fourth-order valence-electron chi connectivity index (χ4n) is 1.92. The summed E-state index contributed by atoms with van der Waals surface area (Å²) in [4.78, 5) is 14.2. The number of carbonyl (C=O) groups excluding carboxylic acids is 1. The molecule has 1 amide bonds. The smallest absolute Gasteiger partial charge is 0.224 e. The van der Waals surface area contributed by atoms with Crippen molar-refractivity contribution in [1.29, 1.82) is 0 Å². The highest BCUT2D eigenvalue weighted by Gasteiger charge is 2.32. The van der Waals surface area contributed by atoms with E-state index in [2.05, 4.69) is 44.8 Å². The van der Waals surface area contributed by atoms with E-state index in [1.807, 2.05) is 0 Å². The van der Waals surface area contributed by atoms with Crippen molar-refractivity contribution in [3.63, 3.8) is 0 Å². The van der Waals surface area contributed by atoms with E-state index in [9.17, 15) is 4.79 Å². The lowest BCUT2D eigenvalue weighted by Crippen LogP contribution is -2.41. The van der Waals surface area contributed by atoms with E-state index < -0.39 is 0 Å². The zero-order valence-electron chi connectivity index (χ0n) is 12.0. The van der Waals surface area contributed by atoms with Crippen molar-refractivity contribution < 1.29 is 4.79 Å². The molecule has 0 heterocycles. The van der Waals surface area contributed by atoms with Crippen LogP contribution in [-0.2, 0) is 4.79 Å². The molecule has 0 spiro atoms. The number of nitrogens with one attached hydrogen (secondary N) is 1. The van der Waals surface area contributed by atoms with Crippen molar-refractivity contribution in [3.8, 4) is 0 Å². The molecule has 17 heavy (non-hydrogen) atoms. The Hall–Kier alpha value is -0.570. The molecule has 1 aliphatic rings. The summed E-state index contributed by atoms with van der Waals surface area (Å²) in [7, 11) is 0. The van der Waals surface area contributed by atoms with Crippen LogP contribution in [0.3, 0.4) is 0 Å². The molecular formula is C14H28N2O. The molecule has 0 aromatic rings. The van der Waals surface area contributed by atoms with Gasteiger partial charge in [0.2, 0.25) is 5.91 Å². The molecule has 1 saturated carbocycles. The largest absolute Gasteiger partial charge is 0.339 e. The van der Waals surface area contributed by atoms with Gasteiger partial charge in [0.05, 0.1) is 0 Å². The van der Waals surface area contributed by atoms with Gasteiger partial charge in [0, 0.05) is 31.1 Å². The SMILES string of the molecule is CC(C)CN(C(=O)CCNC(C)(C)C)C1CC1. The summed E-state index contributed by atoms with van der Waals surface area (Å²) in [6.45, 7) is 12.4. The van der Waals surface area contributed by atoms with Gasteiger partial charge in [-0.1, -0.05) is 13.8 Å². The second-order valence-electron chi connectivity index (χ2n) is 6.60. The van der Waals surface area contributed by atoms with Crippen LogP contribution in [0.4, 0.5) is 0 Å². The quantitative estimate of drug-likeness (QED) is 0.773. The normalized spacial score (nSPS) is 16.4. The molecule has 0 bridgehead atoms. The minimum absolute atomic E-state index is 0.0999. The Morgan fingerprint density at radius 2 is 1.94 bits per heavy atom. The van der Waals surface area contributed by atoms with Gasteiger partial charge in [-0.15, -0.1) is 0 Å². The number of nitrogens with zero attached hydrogens (tertiary/aromatic N) is 1. The van der Waals surface area contributed by atoms with Crippen LogP contribution in [0, 0.1) is 5.92 Å². The average Bonchev–Trinajstić information content (AvgIpc) is 2.94. The predicted octanol–water partition coefficient (Wildman–Crippen LogP) is 2.41. The standard InChI is InChI=1S/C14H28N2O/c1-11(2)10-16(12-6-7-12)13(17)8-9-15-14(3,4)5/h11-12,15H,6-10H2,1-5H3. The summed E-state index contributed by atoms with van der Waals surface area (Å²) in [6.07, 6.45) is 3.02. The third-order valence-electron chi connectivity index (χ3n) is 2.86. The fraction of sp³-hybridized carbons (Fsp3) is 0.929. The molecule has 1 N–H and O–H groups in total. The van der Waals surface area contributed by atoms with Crippen LogP contribution in [-0.4, -0.2) is 35.5 Å². The van der Waals surface area contributed by atoms with Gasteiger partial charge in [-0.25, -0.2) is 0 Å². The summed E-state index contributed by atoms with van der Waals surface area (Å²) in [5, 5.41) is 3.37. The lowest BCUT2D eigenvalue weighted by Gasteiger charge is -2.26. The van der Waals surface area contributed by atoms with Gasteiger partial charge in [-0.05, 0) is 39.5 Å². The summed E-state index contributed by atoms with van der Waals surface area (Å²) in [6, 6.07) is 0.541. The van der Waals surface area contributed by atoms with E-state index in [1.165, 1.54) is 12.8 Å². The molecule has 0 radical (unpaired) electrons. The van der Waals surface area contributed by atoms with E-state index >= 15 is 0 Å². The van der Waals surface area contributed by atoms with Crippen LogP contribution < -0.4 is 5.32 Å². The van der Waals surface area contributed by atoms with Gasteiger partial charge < -0.3 is 10.2 Å². The molecule has 0 saturated heterocycles. The maximum absolute atomic E-state index is 12.1. The van der Waals surface area contributed by atoms with Gasteiger partial charge in [0.15, 0.2) is 0 Å². The average molecular weight is 240 g/mol. The number of hydrogen-bond donors (Lipinski definition) is 1. The molecular weight excluding hydrogens is 212 g/mol. The highest BCUT2D eigenvalue weighted by Crippen LogP contribution is 2.28. The highest BCUT2D eigenvalue weighted by atomic mass is 16.2. The summed E-state index contributed by atoms with van der Waals surface area (Å²) in [5.74, 6) is 0.882. The van der Waals surface area contributed by atoms with E-state index in [0.717, 1.165) is 13.1 Å². The van der Waals surface area contributed by atoms with Gasteiger partial charge in [0.1, 0.15) is 0 Å². The number of carbonyl (C=O) groups is 1. The van der Waals surface area contributed by atoms with E-state index in [1.54, 1.807) is 0 Å². The Balaban J connectivity index is 2.33. The molecule has 1 aliphatic carbocycles. The van der Waals surface area contributed by atoms with E-state index in [-0.39, 0.29) is 5.54 Å². The summed E-state index contributed by atoms with van der Waals surface area (Å²) >= 11 is 0. The molecule has 100 valence electrons. The first-order chi connectivity index (χ1) is 7.79. The Morgan fingerprint density at radius 3 is 2.35 bits per heavy atom. The van der Waals surface area contributed by atoms with Crippen LogP contribution in [0.2, 0.25) is 0 Å². The van der Waals surface area contributed by atoms with Gasteiger partial charge in [0.25, 0.3) is 0 Å². The van der Waals surface area contributed by atoms with Crippen LogP contribution in [0.5, 0.6) is 0 Å². The summed E-state index contributed by atoms with van der Waals surface area (Å²) < 4.78 is 0. The second kappa shape index (κ2) is 5.85. The first kappa shape index (κ1) is 14.5. The second-order valence-corrected chi connectivity index (χ2v) is 6.60. The number of rotatable bonds is 6. The third-order valence-corrected chi connectivity index (χ3v) is 2.86. The van der Waals surface area contributed by atoms with Crippen LogP contribution in [0.25, 0.3) is 0 Å². The monoisotopic (exact) mass is 240 g/mol. The minimum Gasteiger partial charge on any atom is -0.339 e. The molecule has 0 aromatic heterocycles. The van der Waals surface area contributed by atoms with Crippen LogP contribution in [0.15, 0.2) is 0 Å². The first-order valence-corrected chi connectivity index (χ1v) is 6.84. The lowest BCUT2D eigenvalue weighted by atomic mass is 10.1. The Labute approximate surface area is 106 Å². The fourth-order valence-corrected chi connectivity index (χ4v) is 1.92. The molecule has 0 aromatic carbocycles. The molecule has 3 nitrogen and oxygen atoms in total. The maximum atomic E-state index is 12.1. The van der Waals surface area contributed by atoms with E-state index in [4.69, 9.17) is 0 Å². The van der Waals surface area contributed by atoms with Gasteiger partial charge >= 0.3 is 0 Å². The van der Waals surface area contributed by atoms with E-state index in [0.29, 0.717) is 24.3 Å². The number of hydrogen-bond acceptors (Lipinski definition) is 2. The topological polar surface area (TPSA) is 32.3 Å². The number of amides is 1. The van der Waals surface area contributed by atoms with Crippen molar-refractivity contribution in [2.24, 2.45) is 5.92 Å². The molecule has 1 fully saturated rings. The van der Waals surface area contributed by atoms with Gasteiger partial charge in [-0.3, -0.25) is 4.79 Å². The molecule has 0 atom stereocenters. The zero-order valence-corrected chi connectivity index (χ0v) is 12.0. The van der Waals surface area contributed by atoms with Crippen molar-refractivity contribution in [2.45, 2.75) is 65.5 Å². The predicted molar refractivity (Wildman–Crippen MR) is 71.9 cm³/mol. The van der Waals surface area contributed by atoms with Crippen LogP contribution in [0.1, 0.15) is 53.9 Å². The Kier molecular flexibility index (Phi) is 4.99. The van der Waals surface area contributed by atoms with Gasteiger partial charge in [-0.2, -0.15) is 0 Å². The van der Waals surface area contributed by atoms with Crippen molar-refractivity contribution in [1.82, 2.24) is 10.2 Å². The van der Waals surface area contributed by atoms with Crippen molar-refractivity contribution in [2.75, 3.05) is 13.1 Å². The molecule has 0 unspecified atom stereocenters. The molecule has 0 aliphatic heterocycles. The zero-order chi connectivity index (χ0) is 13.1. The lowest BCUT2D eigenvalue weighted by molar-refractivity contribution is -0.132. The maximum Gasteiger partial charge on any atom is 0.224 e. The van der Waals surface area contributed by atoms with Crippen LogP contribution >= 0.6 is 0 Å².